The summed E-state index contributed by atoms with van der Waals surface area (Å²) in [5, 5.41) is 0. The van der Waals surface area contributed by atoms with E-state index in [0.29, 0.717) is 0 Å². The van der Waals surface area contributed by atoms with Crippen molar-refractivity contribution in [3.8, 4) is 0 Å². The molecular formula is C34H71NO2. The van der Waals surface area contributed by atoms with E-state index in [9.17, 15) is 0 Å². The second kappa shape index (κ2) is 32.1. The molecule has 0 aliphatic heterocycles. The zero-order valence-corrected chi connectivity index (χ0v) is 26.3. The summed E-state index contributed by atoms with van der Waals surface area (Å²) in [5.41, 5.74) is 0. The lowest BCUT2D eigenvalue weighted by molar-refractivity contribution is -0.148. The number of rotatable bonds is 32. The number of hydrogen-bond acceptors (Lipinski definition) is 3. The molecular weight excluding hydrogens is 454 g/mol. The van der Waals surface area contributed by atoms with Gasteiger partial charge in [-0.3, -0.25) is 0 Å². The third-order valence-electron chi connectivity index (χ3n) is 7.65. The van der Waals surface area contributed by atoms with Gasteiger partial charge in [0.15, 0.2) is 6.29 Å². The molecule has 0 heterocycles. The van der Waals surface area contributed by atoms with Crippen LogP contribution in [0.15, 0.2) is 0 Å². The molecule has 0 spiro atoms. The van der Waals surface area contributed by atoms with Gasteiger partial charge in [0.1, 0.15) is 0 Å². The van der Waals surface area contributed by atoms with Crippen LogP contribution in [-0.2, 0) is 9.47 Å². The molecule has 0 N–H and O–H groups in total. The van der Waals surface area contributed by atoms with Crippen molar-refractivity contribution >= 4 is 0 Å². The molecule has 0 radical (unpaired) electrons. The smallest absolute Gasteiger partial charge is 0.157 e. The van der Waals surface area contributed by atoms with Gasteiger partial charge in [0.05, 0.1) is 6.61 Å². The van der Waals surface area contributed by atoms with E-state index in [0.717, 1.165) is 32.6 Å². The monoisotopic (exact) mass is 526 g/mol. The first kappa shape index (κ1) is 36.9. The van der Waals surface area contributed by atoms with E-state index in [-0.39, 0.29) is 6.29 Å². The van der Waals surface area contributed by atoms with Crippen LogP contribution >= 0.6 is 0 Å². The number of nitrogens with zero attached hydrogens (tertiary/aromatic N) is 1. The van der Waals surface area contributed by atoms with Gasteiger partial charge in [0, 0.05) is 6.61 Å². The maximum atomic E-state index is 6.21. The van der Waals surface area contributed by atoms with E-state index in [1.807, 2.05) is 0 Å². The van der Waals surface area contributed by atoms with Crippen LogP contribution in [0.2, 0.25) is 0 Å². The van der Waals surface area contributed by atoms with Crippen LogP contribution in [0.3, 0.4) is 0 Å². The third-order valence-corrected chi connectivity index (χ3v) is 7.65. The highest BCUT2D eigenvalue weighted by Gasteiger charge is 2.09. The molecule has 0 amide bonds. The van der Waals surface area contributed by atoms with Crippen LogP contribution in [-0.4, -0.2) is 45.0 Å². The van der Waals surface area contributed by atoms with E-state index in [1.165, 1.54) is 154 Å². The highest BCUT2D eigenvalue weighted by atomic mass is 16.7. The van der Waals surface area contributed by atoms with Gasteiger partial charge in [-0.15, -0.1) is 0 Å². The van der Waals surface area contributed by atoms with Crippen LogP contribution in [0.5, 0.6) is 0 Å². The Morgan fingerprint density at radius 2 is 0.730 bits per heavy atom. The molecule has 0 saturated carbocycles. The Bertz CT molecular complexity index is 401. The minimum Gasteiger partial charge on any atom is -0.353 e. The number of hydrogen-bond donors (Lipinski definition) is 0. The first-order chi connectivity index (χ1) is 18.2. The summed E-state index contributed by atoms with van der Waals surface area (Å²) in [4.78, 5) is 2.23. The van der Waals surface area contributed by atoms with Crippen LogP contribution < -0.4 is 0 Å². The SMILES string of the molecule is CCCCCCCCCCCCCCOC(CCCCCCCCCCCCCC)OCCCN(C)C. The van der Waals surface area contributed by atoms with Crippen molar-refractivity contribution in [1.29, 1.82) is 0 Å². The van der Waals surface area contributed by atoms with E-state index in [1.54, 1.807) is 0 Å². The minimum atomic E-state index is 0.0120. The first-order valence-electron chi connectivity index (χ1n) is 17.1. The fourth-order valence-electron chi connectivity index (χ4n) is 5.12. The molecule has 0 aromatic heterocycles. The van der Waals surface area contributed by atoms with Gasteiger partial charge >= 0.3 is 0 Å². The zero-order chi connectivity index (χ0) is 27.1. The molecule has 0 aromatic rings. The van der Waals surface area contributed by atoms with Crippen LogP contribution in [0.4, 0.5) is 0 Å². The van der Waals surface area contributed by atoms with Crippen molar-refractivity contribution in [3.05, 3.63) is 0 Å². The third kappa shape index (κ3) is 32.0. The van der Waals surface area contributed by atoms with Crippen molar-refractivity contribution < 1.29 is 9.47 Å². The Hall–Kier alpha value is -0.120. The second-order valence-corrected chi connectivity index (χ2v) is 11.9. The molecule has 3 nitrogen and oxygen atoms in total. The summed E-state index contributed by atoms with van der Waals surface area (Å²) in [6, 6.07) is 0. The van der Waals surface area contributed by atoms with E-state index >= 15 is 0 Å². The summed E-state index contributed by atoms with van der Waals surface area (Å²) < 4.78 is 12.4. The average molecular weight is 526 g/mol. The van der Waals surface area contributed by atoms with Crippen molar-refractivity contribution in [3.63, 3.8) is 0 Å². The lowest BCUT2D eigenvalue weighted by atomic mass is 10.0. The van der Waals surface area contributed by atoms with Gasteiger partial charge in [0.2, 0.25) is 0 Å². The lowest BCUT2D eigenvalue weighted by Gasteiger charge is -2.19. The van der Waals surface area contributed by atoms with Crippen molar-refractivity contribution in [2.75, 3.05) is 33.9 Å². The molecule has 0 aromatic carbocycles. The zero-order valence-electron chi connectivity index (χ0n) is 26.3. The Labute approximate surface area is 235 Å². The summed E-state index contributed by atoms with van der Waals surface area (Å²) in [5.74, 6) is 0. The number of ether oxygens (including phenoxy) is 2. The highest BCUT2D eigenvalue weighted by molar-refractivity contribution is 4.54. The summed E-state index contributed by atoms with van der Waals surface area (Å²) >= 11 is 0. The Morgan fingerprint density at radius 3 is 1.11 bits per heavy atom. The standard InChI is InChI=1S/C34H71NO2/c1-5-7-9-11-13-15-17-19-21-23-25-27-30-34(37-33-29-31-35(3)4)36-32-28-26-24-22-20-18-16-14-12-10-8-6-2/h34H,5-33H2,1-4H3. The molecule has 0 aliphatic rings. The lowest BCUT2D eigenvalue weighted by Crippen LogP contribution is -2.21. The summed E-state index contributed by atoms with van der Waals surface area (Å²) in [6.45, 7) is 7.37. The molecule has 37 heavy (non-hydrogen) atoms. The van der Waals surface area contributed by atoms with Gasteiger partial charge in [-0.1, -0.05) is 155 Å². The summed E-state index contributed by atoms with van der Waals surface area (Å²) in [7, 11) is 4.27. The van der Waals surface area contributed by atoms with E-state index in [4.69, 9.17) is 9.47 Å². The Kier molecular flexibility index (Phi) is 32.0. The van der Waals surface area contributed by atoms with Gasteiger partial charge in [-0.25, -0.2) is 0 Å². The molecule has 1 unspecified atom stereocenters. The maximum absolute atomic E-state index is 6.21. The fraction of sp³-hybridized carbons (Fsp3) is 1.00. The van der Waals surface area contributed by atoms with Crippen molar-refractivity contribution in [2.45, 2.75) is 187 Å². The average Bonchev–Trinajstić information content (AvgIpc) is 2.89. The Balaban J connectivity index is 3.73. The van der Waals surface area contributed by atoms with Gasteiger partial charge in [-0.05, 0) is 46.3 Å². The topological polar surface area (TPSA) is 21.7 Å². The van der Waals surface area contributed by atoms with Crippen LogP contribution in [0.25, 0.3) is 0 Å². The van der Waals surface area contributed by atoms with E-state index < -0.39 is 0 Å². The molecule has 1 atom stereocenters. The molecule has 0 rings (SSSR count). The molecule has 0 fully saturated rings. The molecule has 0 aliphatic carbocycles. The maximum Gasteiger partial charge on any atom is 0.157 e. The fourth-order valence-corrected chi connectivity index (χ4v) is 5.12. The first-order valence-corrected chi connectivity index (χ1v) is 17.1. The molecule has 0 bridgehead atoms. The predicted octanol–water partition coefficient (Wildman–Crippen LogP) is 11.1. The van der Waals surface area contributed by atoms with E-state index in [2.05, 4.69) is 32.8 Å². The largest absolute Gasteiger partial charge is 0.353 e. The van der Waals surface area contributed by atoms with Crippen molar-refractivity contribution in [1.82, 2.24) is 4.90 Å². The minimum absolute atomic E-state index is 0.0120. The van der Waals surface area contributed by atoms with Gasteiger partial charge in [0.25, 0.3) is 0 Å². The quantitative estimate of drug-likeness (QED) is 0.0643. The number of unbranched alkanes of at least 4 members (excludes halogenated alkanes) is 22. The molecule has 224 valence electrons. The molecule has 0 saturated heterocycles. The van der Waals surface area contributed by atoms with Crippen LogP contribution in [0.1, 0.15) is 181 Å². The van der Waals surface area contributed by atoms with Crippen LogP contribution in [0, 0.1) is 0 Å². The predicted molar refractivity (Wildman–Crippen MR) is 166 cm³/mol. The van der Waals surface area contributed by atoms with Gasteiger partial charge in [-0.2, -0.15) is 0 Å². The van der Waals surface area contributed by atoms with Crippen molar-refractivity contribution in [2.24, 2.45) is 0 Å². The second-order valence-electron chi connectivity index (χ2n) is 11.9. The Morgan fingerprint density at radius 1 is 0.405 bits per heavy atom. The summed E-state index contributed by atoms with van der Waals surface area (Å²) in [6.07, 6.45) is 35.6. The molecule has 3 heteroatoms. The van der Waals surface area contributed by atoms with Gasteiger partial charge < -0.3 is 14.4 Å². The normalized spacial score (nSPS) is 12.6. The highest BCUT2D eigenvalue weighted by Crippen LogP contribution is 2.16.